The lowest BCUT2D eigenvalue weighted by molar-refractivity contribution is 0.281. The highest BCUT2D eigenvalue weighted by atomic mass is 35.5. The van der Waals surface area contributed by atoms with Gasteiger partial charge in [0.25, 0.3) is 0 Å². The molecule has 0 heterocycles. The van der Waals surface area contributed by atoms with E-state index in [1.165, 1.54) is 6.07 Å². The van der Waals surface area contributed by atoms with Gasteiger partial charge in [-0.15, -0.1) is 0 Å². The van der Waals surface area contributed by atoms with Gasteiger partial charge in [-0.3, -0.25) is 0 Å². The van der Waals surface area contributed by atoms with Crippen molar-refractivity contribution in [2.45, 2.75) is 37.7 Å². The second kappa shape index (κ2) is 6.60. The Morgan fingerprint density at radius 1 is 1.43 bits per heavy atom. The maximum atomic E-state index is 13.6. The fourth-order valence-corrected chi connectivity index (χ4v) is 4.04. The number of nitrogens with one attached hydrogen (secondary N) is 1. The molecule has 0 aliphatic heterocycles. The van der Waals surface area contributed by atoms with Gasteiger partial charge < -0.3 is 5.11 Å². The number of halogens is 2. The third-order valence-electron chi connectivity index (χ3n) is 4.13. The molecule has 2 unspecified atom stereocenters. The van der Waals surface area contributed by atoms with Crippen LogP contribution in [0.4, 0.5) is 4.39 Å². The second-order valence-electron chi connectivity index (χ2n) is 5.56. The summed E-state index contributed by atoms with van der Waals surface area (Å²) < 4.78 is 40.6. The first-order valence-electron chi connectivity index (χ1n) is 6.93. The van der Waals surface area contributed by atoms with Crippen LogP contribution in [0.1, 0.15) is 31.7 Å². The predicted molar refractivity (Wildman–Crippen MR) is 79.0 cm³/mol. The molecule has 2 N–H and O–H groups in total. The Morgan fingerprint density at radius 2 is 2.14 bits per heavy atom. The van der Waals surface area contributed by atoms with Gasteiger partial charge in [-0.05, 0) is 30.4 Å². The molecule has 0 saturated heterocycles. The minimum absolute atomic E-state index is 0.0614. The van der Waals surface area contributed by atoms with Gasteiger partial charge in [0, 0.05) is 12.1 Å². The molecule has 0 amide bonds. The highest BCUT2D eigenvalue weighted by Gasteiger charge is 2.26. The number of hydrogen-bond donors (Lipinski definition) is 2. The molecule has 0 radical (unpaired) electrons. The number of benzene rings is 1. The average molecular weight is 336 g/mol. The molecule has 7 heteroatoms. The van der Waals surface area contributed by atoms with Gasteiger partial charge in [0.15, 0.2) is 0 Å². The molecular formula is C14H19ClFNO3S. The van der Waals surface area contributed by atoms with E-state index in [1.54, 1.807) is 0 Å². The van der Waals surface area contributed by atoms with Crippen molar-refractivity contribution in [2.24, 2.45) is 11.8 Å². The Bertz CT molecular complexity index is 621. The summed E-state index contributed by atoms with van der Waals surface area (Å²) in [6.07, 6.45) is 3.22. The molecule has 2 rings (SSSR count). The lowest BCUT2D eigenvalue weighted by Gasteiger charge is -2.16. The Balaban J connectivity index is 2.17. The zero-order valence-corrected chi connectivity index (χ0v) is 13.3. The van der Waals surface area contributed by atoms with Gasteiger partial charge in [-0.1, -0.05) is 31.4 Å². The van der Waals surface area contributed by atoms with Crippen molar-refractivity contribution in [1.29, 1.82) is 0 Å². The fraction of sp³-hybridized carbons (Fsp3) is 0.571. The molecule has 4 nitrogen and oxygen atoms in total. The van der Waals surface area contributed by atoms with Gasteiger partial charge in [-0.25, -0.2) is 17.5 Å². The Kier molecular flexibility index (Phi) is 5.24. The smallest absolute Gasteiger partial charge is 0.240 e. The van der Waals surface area contributed by atoms with E-state index < -0.39 is 22.4 Å². The lowest BCUT2D eigenvalue weighted by Crippen LogP contribution is -2.30. The summed E-state index contributed by atoms with van der Waals surface area (Å²) in [4.78, 5) is -0.209. The number of rotatable bonds is 5. The first kappa shape index (κ1) is 16.7. The first-order valence-corrected chi connectivity index (χ1v) is 8.79. The number of sulfonamides is 1. The van der Waals surface area contributed by atoms with Crippen molar-refractivity contribution < 1.29 is 17.9 Å². The highest BCUT2D eigenvalue weighted by Crippen LogP contribution is 2.31. The zero-order valence-electron chi connectivity index (χ0n) is 11.8. The quantitative estimate of drug-likeness (QED) is 0.869. The molecule has 1 aliphatic rings. The van der Waals surface area contributed by atoms with Gasteiger partial charge in [0.05, 0.1) is 16.5 Å². The van der Waals surface area contributed by atoms with Crippen molar-refractivity contribution in [3.8, 4) is 0 Å². The summed E-state index contributed by atoms with van der Waals surface area (Å²) in [5.74, 6) is -0.0466. The molecule has 1 saturated carbocycles. The van der Waals surface area contributed by atoms with Crippen molar-refractivity contribution in [1.82, 2.24) is 4.72 Å². The topological polar surface area (TPSA) is 66.4 Å². The monoisotopic (exact) mass is 335 g/mol. The van der Waals surface area contributed by atoms with Gasteiger partial charge in [0.1, 0.15) is 5.82 Å². The van der Waals surface area contributed by atoms with E-state index in [0.717, 1.165) is 25.3 Å². The number of aliphatic hydroxyl groups excluding tert-OH is 1. The maximum Gasteiger partial charge on any atom is 0.240 e. The molecular weight excluding hydrogens is 317 g/mol. The predicted octanol–water partition coefficient (Wildman–Crippen LogP) is 2.69. The van der Waals surface area contributed by atoms with E-state index >= 15 is 0 Å². The first-order chi connectivity index (χ1) is 9.85. The average Bonchev–Trinajstić information content (AvgIpc) is 2.85. The second-order valence-corrected chi connectivity index (χ2v) is 7.70. The summed E-state index contributed by atoms with van der Waals surface area (Å²) >= 11 is 5.66. The molecule has 0 aromatic heterocycles. The standard InChI is InChI=1S/C14H19ClFNO3S/c1-9-3-2-4-10(9)7-17-21(19,20)12-5-11(8-18)14(15)13(16)6-12/h5-6,9-10,17-18H,2-4,7-8H2,1H3. The highest BCUT2D eigenvalue weighted by molar-refractivity contribution is 7.89. The molecule has 1 aliphatic carbocycles. The van der Waals surface area contributed by atoms with Crippen LogP contribution in [0.5, 0.6) is 0 Å². The van der Waals surface area contributed by atoms with Crippen LogP contribution in [0.3, 0.4) is 0 Å². The summed E-state index contributed by atoms with van der Waals surface area (Å²) in [6, 6.07) is 2.08. The van der Waals surface area contributed by atoms with Gasteiger partial charge in [-0.2, -0.15) is 0 Å². The third kappa shape index (κ3) is 3.74. The van der Waals surface area contributed by atoms with E-state index in [0.29, 0.717) is 18.4 Å². The van der Waals surface area contributed by atoms with Crippen LogP contribution in [0, 0.1) is 17.7 Å². The van der Waals surface area contributed by atoms with Crippen molar-refractivity contribution in [3.63, 3.8) is 0 Å². The Morgan fingerprint density at radius 3 is 2.71 bits per heavy atom. The van der Waals surface area contributed by atoms with Crippen LogP contribution in [-0.2, 0) is 16.6 Å². The minimum atomic E-state index is -3.80. The largest absolute Gasteiger partial charge is 0.392 e. The summed E-state index contributed by atoms with van der Waals surface area (Å²) in [6.45, 7) is 1.94. The summed E-state index contributed by atoms with van der Waals surface area (Å²) in [5, 5.41) is 8.85. The summed E-state index contributed by atoms with van der Waals surface area (Å²) in [7, 11) is -3.80. The molecule has 2 atom stereocenters. The third-order valence-corrected chi connectivity index (χ3v) is 5.96. The van der Waals surface area contributed by atoms with Gasteiger partial charge >= 0.3 is 0 Å². The molecule has 0 bridgehead atoms. The molecule has 0 spiro atoms. The number of hydrogen-bond acceptors (Lipinski definition) is 3. The Labute approximate surface area is 129 Å². The van der Waals surface area contributed by atoms with E-state index in [4.69, 9.17) is 16.7 Å². The fourth-order valence-electron chi connectivity index (χ4n) is 2.71. The van der Waals surface area contributed by atoms with Crippen LogP contribution < -0.4 is 4.72 Å². The SMILES string of the molecule is CC1CCCC1CNS(=O)(=O)c1cc(F)c(Cl)c(CO)c1. The van der Waals surface area contributed by atoms with Crippen molar-refractivity contribution in [3.05, 3.63) is 28.5 Å². The van der Waals surface area contributed by atoms with Crippen LogP contribution >= 0.6 is 11.6 Å². The molecule has 1 fully saturated rings. The van der Waals surface area contributed by atoms with E-state index in [2.05, 4.69) is 11.6 Å². The minimum Gasteiger partial charge on any atom is -0.392 e. The maximum absolute atomic E-state index is 13.6. The molecule has 1 aromatic rings. The van der Waals surface area contributed by atoms with Crippen LogP contribution in [-0.4, -0.2) is 20.1 Å². The lowest BCUT2D eigenvalue weighted by atomic mass is 9.99. The van der Waals surface area contributed by atoms with Crippen molar-refractivity contribution in [2.75, 3.05) is 6.54 Å². The normalized spacial score (nSPS) is 22.7. The van der Waals surface area contributed by atoms with E-state index in [-0.39, 0.29) is 15.5 Å². The van der Waals surface area contributed by atoms with Crippen molar-refractivity contribution >= 4 is 21.6 Å². The van der Waals surface area contributed by atoms with E-state index in [9.17, 15) is 12.8 Å². The Hall–Kier alpha value is -0.690. The van der Waals surface area contributed by atoms with Crippen LogP contribution in [0.2, 0.25) is 5.02 Å². The summed E-state index contributed by atoms with van der Waals surface area (Å²) in [5.41, 5.74) is 0.0614. The molecule has 21 heavy (non-hydrogen) atoms. The number of aliphatic hydroxyl groups is 1. The molecule has 1 aromatic carbocycles. The van der Waals surface area contributed by atoms with Gasteiger partial charge in [0.2, 0.25) is 10.0 Å². The van der Waals surface area contributed by atoms with Crippen LogP contribution in [0.25, 0.3) is 0 Å². The van der Waals surface area contributed by atoms with E-state index in [1.807, 2.05) is 0 Å². The molecule has 118 valence electrons. The van der Waals surface area contributed by atoms with Crippen LogP contribution in [0.15, 0.2) is 17.0 Å². The zero-order chi connectivity index (χ0) is 15.6.